The Kier molecular flexibility index (Phi) is 4.90. The van der Waals surface area contributed by atoms with Crippen molar-refractivity contribution in [3.8, 4) is 5.75 Å². The van der Waals surface area contributed by atoms with E-state index < -0.39 is 16.8 Å². The number of hydrogen-bond donors (Lipinski definition) is 1. The van der Waals surface area contributed by atoms with E-state index in [4.69, 9.17) is 9.84 Å². The number of methoxy groups -OCH3 is 1. The van der Waals surface area contributed by atoms with Crippen LogP contribution in [0.1, 0.15) is 22.8 Å². The van der Waals surface area contributed by atoms with Gasteiger partial charge in [0, 0.05) is 6.07 Å². The van der Waals surface area contributed by atoms with E-state index in [1.165, 1.54) is 49.6 Å². The molecule has 0 aliphatic carbocycles. The zero-order valence-electron chi connectivity index (χ0n) is 14.9. The summed E-state index contributed by atoms with van der Waals surface area (Å²) in [5.41, 5.74) is 1.47. The van der Waals surface area contributed by atoms with Crippen LogP contribution in [0.15, 0.2) is 53.1 Å². The zero-order chi connectivity index (χ0) is 20.4. The highest BCUT2D eigenvalue weighted by molar-refractivity contribution is 6.32. The zero-order valence-corrected chi connectivity index (χ0v) is 14.9. The van der Waals surface area contributed by atoms with Crippen molar-refractivity contribution < 1.29 is 24.4 Å². The number of carboxylic acid groups (broad SMARTS) is 1. The standard InChI is InChI=1S/C19H15N3O6/c1-11-15(9-12-3-8-17(28-2)16(10-12)22(26)27)18(23)21(20-11)14-6-4-13(5-7-14)19(24)25/h3-10H,1-2H3,(H,24,25)/b15-9+. The van der Waals surface area contributed by atoms with Gasteiger partial charge in [0.15, 0.2) is 5.75 Å². The molecule has 2 aromatic rings. The van der Waals surface area contributed by atoms with Gasteiger partial charge < -0.3 is 9.84 Å². The third kappa shape index (κ3) is 3.45. The maximum Gasteiger partial charge on any atom is 0.335 e. The van der Waals surface area contributed by atoms with Gasteiger partial charge in [-0.1, -0.05) is 6.07 Å². The molecule has 1 aliphatic rings. The number of amides is 1. The molecule has 0 aromatic heterocycles. The molecule has 0 radical (unpaired) electrons. The number of benzene rings is 2. The highest BCUT2D eigenvalue weighted by Crippen LogP contribution is 2.30. The van der Waals surface area contributed by atoms with Crippen LogP contribution in [0.2, 0.25) is 0 Å². The molecule has 9 heteroatoms. The minimum absolute atomic E-state index is 0.0948. The number of carbonyl (C=O) groups is 2. The Bertz CT molecular complexity index is 1040. The van der Waals surface area contributed by atoms with Gasteiger partial charge >= 0.3 is 11.7 Å². The van der Waals surface area contributed by atoms with Crippen molar-refractivity contribution in [1.29, 1.82) is 0 Å². The van der Waals surface area contributed by atoms with Crippen LogP contribution in [0.3, 0.4) is 0 Å². The minimum Gasteiger partial charge on any atom is -0.490 e. The summed E-state index contributed by atoms with van der Waals surface area (Å²) in [4.78, 5) is 34.3. The fourth-order valence-corrected chi connectivity index (χ4v) is 2.71. The van der Waals surface area contributed by atoms with Crippen molar-refractivity contribution in [3.05, 3.63) is 69.3 Å². The largest absolute Gasteiger partial charge is 0.490 e. The Morgan fingerprint density at radius 3 is 2.50 bits per heavy atom. The van der Waals surface area contributed by atoms with E-state index in [1.807, 2.05) is 0 Å². The van der Waals surface area contributed by atoms with Gasteiger partial charge in [0.1, 0.15) is 0 Å². The van der Waals surface area contributed by atoms with Crippen LogP contribution >= 0.6 is 0 Å². The van der Waals surface area contributed by atoms with E-state index in [-0.39, 0.29) is 22.6 Å². The molecule has 3 rings (SSSR count). The third-order valence-electron chi connectivity index (χ3n) is 4.13. The first kappa shape index (κ1) is 18.8. The second-order valence-electron chi connectivity index (χ2n) is 5.90. The fraction of sp³-hybridized carbons (Fsp3) is 0.105. The molecule has 2 aromatic carbocycles. The molecule has 0 saturated heterocycles. The second-order valence-corrected chi connectivity index (χ2v) is 5.90. The molecule has 0 fully saturated rings. The number of nitrogens with zero attached hydrogens (tertiary/aromatic N) is 3. The monoisotopic (exact) mass is 381 g/mol. The molecule has 0 saturated carbocycles. The van der Waals surface area contributed by atoms with E-state index in [0.717, 1.165) is 5.01 Å². The van der Waals surface area contributed by atoms with Crippen LogP contribution in [0.5, 0.6) is 5.75 Å². The lowest BCUT2D eigenvalue weighted by Gasteiger charge is -2.11. The average Bonchev–Trinajstić information content (AvgIpc) is 2.96. The van der Waals surface area contributed by atoms with Crippen LogP contribution in [-0.2, 0) is 4.79 Å². The molecule has 9 nitrogen and oxygen atoms in total. The van der Waals surface area contributed by atoms with Gasteiger partial charge in [0.25, 0.3) is 5.91 Å². The van der Waals surface area contributed by atoms with Gasteiger partial charge in [0.05, 0.1) is 34.6 Å². The Labute approximate surface area is 159 Å². The van der Waals surface area contributed by atoms with Gasteiger partial charge in [-0.15, -0.1) is 0 Å². The first-order valence-corrected chi connectivity index (χ1v) is 8.09. The molecule has 28 heavy (non-hydrogen) atoms. The lowest BCUT2D eigenvalue weighted by Crippen LogP contribution is -2.21. The molecule has 0 spiro atoms. The SMILES string of the molecule is COc1ccc(/C=C2/C(=O)N(c3ccc(C(=O)O)cc3)N=C2C)cc1[N+](=O)[O-]. The maximum absolute atomic E-state index is 12.7. The predicted molar refractivity (Wildman–Crippen MR) is 102 cm³/mol. The average molecular weight is 381 g/mol. The van der Waals surface area contributed by atoms with Crippen molar-refractivity contribution >= 4 is 35.0 Å². The molecular formula is C19H15N3O6. The molecule has 1 aliphatic heterocycles. The molecule has 0 atom stereocenters. The topological polar surface area (TPSA) is 122 Å². The first-order chi connectivity index (χ1) is 13.3. The summed E-state index contributed by atoms with van der Waals surface area (Å²) in [6, 6.07) is 10.1. The smallest absolute Gasteiger partial charge is 0.335 e. The normalized spacial score (nSPS) is 14.9. The van der Waals surface area contributed by atoms with E-state index in [1.54, 1.807) is 13.0 Å². The van der Waals surface area contributed by atoms with E-state index in [2.05, 4.69) is 5.10 Å². The van der Waals surface area contributed by atoms with Crippen molar-refractivity contribution in [2.75, 3.05) is 12.1 Å². The van der Waals surface area contributed by atoms with Crippen LogP contribution in [0.4, 0.5) is 11.4 Å². The van der Waals surface area contributed by atoms with Crippen LogP contribution in [0.25, 0.3) is 6.08 Å². The highest BCUT2D eigenvalue weighted by atomic mass is 16.6. The maximum atomic E-state index is 12.7. The number of carboxylic acids is 1. The lowest BCUT2D eigenvalue weighted by molar-refractivity contribution is -0.385. The summed E-state index contributed by atoms with van der Waals surface area (Å²) in [5.74, 6) is -1.37. The van der Waals surface area contributed by atoms with Crippen molar-refractivity contribution in [2.45, 2.75) is 6.92 Å². The quantitative estimate of drug-likeness (QED) is 0.482. The molecule has 1 N–H and O–H groups in total. The number of anilines is 1. The number of hydrogen-bond acceptors (Lipinski definition) is 6. The Morgan fingerprint density at radius 1 is 1.25 bits per heavy atom. The number of hydrazone groups is 1. The second kappa shape index (κ2) is 7.31. The van der Waals surface area contributed by atoms with Gasteiger partial charge in [-0.3, -0.25) is 14.9 Å². The number of ether oxygens (including phenoxy) is 1. The molecule has 0 bridgehead atoms. The summed E-state index contributed by atoms with van der Waals surface area (Å²) >= 11 is 0. The van der Waals surface area contributed by atoms with Gasteiger partial charge in [-0.2, -0.15) is 10.1 Å². The fourth-order valence-electron chi connectivity index (χ4n) is 2.71. The number of carbonyl (C=O) groups excluding carboxylic acids is 1. The summed E-state index contributed by atoms with van der Waals surface area (Å²) in [6.07, 6.45) is 1.51. The van der Waals surface area contributed by atoms with E-state index in [9.17, 15) is 19.7 Å². The summed E-state index contributed by atoms with van der Waals surface area (Å²) in [7, 11) is 1.34. The highest BCUT2D eigenvalue weighted by Gasteiger charge is 2.29. The molecule has 1 amide bonds. The Morgan fingerprint density at radius 2 is 1.93 bits per heavy atom. The van der Waals surface area contributed by atoms with Crippen LogP contribution in [-0.4, -0.2) is 34.7 Å². The Hall–Kier alpha value is -4.01. The third-order valence-corrected chi connectivity index (χ3v) is 4.13. The molecule has 142 valence electrons. The minimum atomic E-state index is -1.07. The summed E-state index contributed by atoms with van der Waals surface area (Å²) in [6.45, 7) is 1.65. The van der Waals surface area contributed by atoms with Gasteiger partial charge in [-0.25, -0.2) is 4.79 Å². The van der Waals surface area contributed by atoms with Crippen LogP contribution in [0, 0.1) is 10.1 Å². The van der Waals surface area contributed by atoms with E-state index in [0.29, 0.717) is 17.0 Å². The first-order valence-electron chi connectivity index (χ1n) is 8.09. The Balaban J connectivity index is 1.93. The van der Waals surface area contributed by atoms with Crippen molar-refractivity contribution in [3.63, 3.8) is 0 Å². The van der Waals surface area contributed by atoms with Crippen LogP contribution < -0.4 is 9.75 Å². The molecular weight excluding hydrogens is 366 g/mol. The molecule has 0 unspecified atom stereocenters. The number of nitro groups is 1. The van der Waals surface area contributed by atoms with Crippen molar-refractivity contribution in [1.82, 2.24) is 0 Å². The summed E-state index contributed by atoms with van der Waals surface area (Å²) < 4.78 is 4.97. The lowest BCUT2D eigenvalue weighted by atomic mass is 10.1. The number of aromatic carboxylic acids is 1. The molecule has 1 heterocycles. The predicted octanol–water partition coefficient (Wildman–Crippen LogP) is 3.11. The number of rotatable bonds is 5. The van der Waals surface area contributed by atoms with Gasteiger partial charge in [-0.05, 0) is 48.9 Å². The van der Waals surface area contributed by atoms with Crippen molar-refractivity contribution in [2.24, 2.45) is 5.10 Å². The van der Waals surface area contributed by atoms with E-state index >= 15 is 0 Å². The number of nitro benzene ring substituents is 1. The van der Waals surface area contributed by atoms with Gasteiger partial charge in [0.2, 0.25) is 0 Å². The summed E-state index contributed by atoms with van der Waals surface area (Å²) in [5, 5.41) is 25.5.